The Morgan fingerprint density at radius 1 is 1.15 bits per heavy atom. The molecule has 6 heteroatoms. The number of carboxylic acids is 1. The third kappa shape index (κ3) is 2.89. The van der Waals surface area contributed by atoms with Gasteiger partial charge in [-0.05, 0) is 30.3 Å². The van der Waals surface area contributed by atoms with Crippen LogP contribution in [0.15, 0.2) is 42.5 Å². The highest BCUT2D eigenvalue weighted by molar-refractivity contribution is 6.34. The van der Waals surface area contributed by atoms with Crippen LogP contribution in [0.3, 0.4) is 0 Å². The summed E-state index contributed by atoms with van der Waals surface area (Å²) in [6.45, 7) is 0. The summed E-state index contributed by atoms with van der Waals surface area (Å²) in [5, 5.41) is 12.1. The van der Waals surface area contributed by atoms with Crippen LogP contribution in [0.4, 0.5) is 11.4 Å². The Kier molecular flexibility index (Phi) is 3.91. The molecule has 0 atom stereocenters. The SMILES string of the molecule is NC(=O)c1c(Cl)cccc1Nc1cccc(C(=O)O)c1. The normalized spacial score (nSPS) is 10.1. The van der Waals surface area contributed by atoms with Crippen molar-refractivity contribution in [2.24, 2.45) is 5.73 Å². The van der Waals surface area contributed by atoms with Crippen molar-refractivity contribution in [1.82, 2.24) is 0 Å². The van der Waals surface area contributed by atoms with Crippen LogP contribution in [0, 0.1) is 0 Å². The number of hydrogen-bond donors (Lipinski definition) is 3. The largest absolute Gasteiger partial charge is 0.478 e. The van der Waals surface area contributed by atoms with Crippen molar-refractivity contribution < 1.29 is 14.7 Å². The smallest absolute Gasteiger partial charge is 0.335 e. The van der Waals surface area contributed by atoms with Gasteiger partial charge in [0.1, 0.15) is 0 Å². The topological polar surface area (TPSA) is 92.4 Å². The predicted octanol–water partition coefficient (Wildman–Crippen LogP) is 2.88. The van der Waals surface area contributed by atoms with Crippen molar-refractivity contribution in [3.05, 3.63) is 58.6 Å². The van der Waals surface area contributed by atoms with Gasteiger partial charge in [-0.15, -0.1) is 0 Å². The lowest BCUT2D eigenvalue weighted by molar-refractivity contribution is 0.0696. The quantitative estimate of drug-likeness (QED) is 0.807. The Labute approximate surface area is 120 Å². The zero-order chi connectivity index (χ0) is 14.7. The molecule has 1 amide bonds. The summed E-state index contributed by atoms with van der Waals surface area (Å²) < 4.78 is 0. The number of aromatic carboxylic acids is 1. The van der Waals surface area contributed by atoms with E-state index < -0.39 is 11.9 Å². The molecule has 4 N–H and O–H groups in total. The lowest BCUT2D eigenvalue weighted by Gasteiger charge is -2.11. The van der Waals surface area contributed by atoms with Crippen LogP contribution in [0.5, 0.6) is 0 Å². The molecule has 0 aliphatic carbocycles. The minimum Gasteiger partial charge on any atom is -0.478 e. The Bertz CT molecular complexity index is 686. The number of halogens is 1. The molecule has 5 nitrogen and oxygen atoms in total. The summed E-state index contributed by atoms with van der Waals surface area (Å²) in [6.07, 6.45) is 0. The second kappa shape index (κ2) is 5.63. The van der Waals surface area contributed by atoms with Gasteiger partial charge >= 0.3 is 5.97 Å². The number of amides is 1. The fourth-order valence-corrected chi connectivity index (χ4v) is 2.03. The van der Waals surface area contributed by atoms with Crippen LogP contribution in [-0.2, 0) is 0 Å². The summed E-state index contributed by atoms with van der Waals surface area (Å²) in [5.74, 6) is -1.69. The number of carbonyl (C=O) groups is 2. The first-order valence-electron chi connectivity index (χ1n) is 5.67. The Balaban J connectivity index is 2.40. The molecule has 0 aliphatic heterocycles. The number of hydrogen-bond acceptors (Lipinski definition) is 3. The van der Waals surface area contributed by atoms with Gasteiger partial charge in [0.15, 0.2) is 0 Å². The minimum absolute atomic E-state index is 0.137. The summed E-state index contributed by atoms with van der Waals surface area (Å²) in [7, 11) is 0. The molecule has 0 spiro atoms. The highest BCUT2D eigenvalue weighted by atomic mass is 35.5. The third-order valence-electron chi connectivity index (χ3n) is 2.65. The molecule has 20 heavy (non-hydrogen) atoms. The molecular formula is C14H11ClN2O3. The van der Waals surface area contributed by atoms with Crippen LogP contribution in [0.25, 0.3) is 0 Å². The summed E-state index contributed by atoms with van der Waals surface area (Å²) in [6, 6.07) is 11.1. The zero-order valence-electron chi connectivity index (χ0n) is 10.3. The fraction of sp³-hybridized carbons (Fsp3) is 0. The zero-order valence-corrected chi connectivity index (χ0v) is 11.0. The lowest BCUT2D eigenvalue weighted by Crippen LogP contribution is -2.14. The average molecular weight is 291 g/mol. The van der Waals surface area contributed by atoms with E-state index in [1.165, 1.54) is 12.1 Å². The van der Waals surface area contributed by atoms with E-state index in [2.05, 4.69) is 5.32 Å². The van der Waals surface area contributed by atoms with Crippen molar-refractivity contribution >= 4 is 34.9 Å². The van der Waals surface area contributed by atoms with E-state index in [4.69, 9.17) is 22.4 Å². The van der Waals surface area contributed by atoms with Gasteiger partial charge < -0.3 is 16.2 Å². The number of rotatable bonds is 4. The van der Waals surface area contributed by atoms with Gasteiger partial charge in [-0.3, -0.25) is 4.79 Å². The number of carboxylic acid groups (broad SMARTS) is 1. The van der Waals surface area contributed by atoms with Gasteiger partial charge in [0, 0.05) is 5.69 Å². The Hall–Kier alpha value is -2.53. The van der Waals surface area contributed by atoms with Gasteiger partial charge in [0.25, 0.3) is 5.91 Å². The molecule has 0 saturated carbocycles. The molecule has 0 fully saturated rings. The van der Waals surface area contributed by atoms with E-state index in [1.54, 1.807) is 30.3 Å². The van der Waals surface area contributed by atoms with Gasteiger partial charge in [-0.1, -0.05) is 23.7 Å². The van der Waals surface area contributed by atoms with E-state index in [1.807, 2.05) is 0 Å². The molecule has 2 rings (SSSR count). The van der Waals surface area contributed by atoms with Crippen LogP contribution in [0.2, 0.25) is 5.02 Å². The second-order valence-electron chi connectivity index (χ2n) is 4.04. The van der Waals surface area contributed by atoms with Crippen molar-refractivity contribution in [2.45, 2.75) is 0 Å². The first kappa shape index (κ1) is 13.9. The van der Waals surface area contributed by atoms with E-state index in [9.17, 15) is 9.59 Å². The standard InChI is InChI=1S/C14H11ClN2O3/c15-10-5-2-6-11(12(10)13(16)18)17-9-4-1-3-8(7-9)14(19)20/h1-7,17H,(H2,16,18)(H,19,20). The predicted molar refractivity (Wildman–Crippen MR) is 76.7 cm³/mol. The van der Waals surface area contributed by atoms with E-state index in [0.29, 0.717) is 11.4 Å². The Morgan fingerprint density at radius 2 is 1.85 bits per heavy atom. The monoisotopic (exact) mass is 290 g/mol. The minimum atomic E-state index is -1.03. The number of nitrogens with two attached hydrogens (primary N) is 1. The molecule has 102 valence electrons. The molecule has 2 aromatic carbocycles. The maximum absolute atomic E-state index is 11.4. The van der Waals surface area contributed by atoms with Crippen molar-refractivity contribution in [3.8, 4) is 0 Å². The molecule has 0 aliphatic rings. The first-order chi connectivity index (χ1) is 9.49. The van der Waals surface area contributed by atoms with Gasteiger partial charge in [0.2, 0.25) is 0 Å². The van der Waals surface area contributed by atoms with E-state index in [-0.39, 0.29) is 16.1 Å². The molecule has 0 heterocycles. The van der Waals surface area contributed by atoms with E-state index >= 15 is 0 Å². The molecular weight excluding hydrogens is 280 g/mol. The average Bonchev–Trinajstić information content (AvgIpc) is 2.38. The Morgan fingerprint density at radius 3 is 2.50 bits per heavy atom. The fourth-order valence-electron chi connectivity index (χ4n) is 1.76. The molecule has 0 radical (unpaired) electrons. The number of nitrogens with one attached hydrogen (secondary N) is 1. The van der Waals surface area contributed by atoms with Gasteiger partial charge in [-0.2, -0.15) is 0 Å². The molecule has 0 bridgehead atoms. The first-order valence-corrected chi connectivity index (χ1v) is 6.05. The summed E-state index contributed by atoms with van der Waals surface area (Å²) in [4.78, 5) is 22.3. The highest BCUT2D eigenvalue weighted by Crippen LogP contribution is 2.27. The van der Waals surface area contributed by atoms with Gasteiger partial charge in [-0.25, -0.2) is 4.79 Å². The number of anilines is 2. The maximum atomic E-state index is 11.4. The summed E-state index contributed by atoms with van der Waals surface area (Å²) in [5.41, 5.74) is 6.53. The van der Waals surface area contributed by atoms with Crippen LogP contribution in [-0.4, -0.2) is 17.0 Å². The number of primary amides is 1. The third-order valence-corrected chi connectivity index (χ3v) is 2.96. The second-order valence-corrected chi connectivity index (χ2v) is 4.44. The molecule has 0 unspecified atom stereocenters. The summed E-state index contributed by atoms with van der Waals surface area (Å²) >= 11 is 5.94. The van der Waals surface area contributed by atoms with Crippen molar-refractivity contribution in [2.75, 3.05) is 5.32 Å². The molecule has 0 aromatic heterocycles. The number of benzene rings is 2. The van der Waals surface area contributed by atoms with Crippen LogP contribution < -0.4 is 11.1 Å². The highest BCUT2D eigenvalue weighted by Gasteiger charge is 2.13. The van der Waals surface area contributed by atoms with Crippen LogP contribution in [0.1, 0.15) is 20.7 Å². The van der Waals surface area contributed by atoms with Crippen molar-refractivity contribution in [1.29, 1.82) is 0 Å². The molecule has 0 saturated heterocycles. The lowest BCUT2D eigenvalue weighted by atomic mass is 10.1. The van der Waals surface area contributed by atoms with Crippen molar-refractivity contribution in [3.63, 3.8) is 0 Å². The van der Waals surface area contributed by atoms with E-state index in [0.717, 1.165) is 0 Å². The molecule has 2 aromatic rings. The van der Waals surface area contributed by atoms with Gasteiger partial charge in [0.05, 0.1) is 21.8 Å². The maximum Gasteiger partial charge on any atom is 0.335 e. The number of carbonyl (C=O) groups excluding carboxylic acids is 1. The van der Waals surface area contributed by atoms with Crippen LogP contribution >= 0.6 is 11.6 Å².